The van der Waals surface area contributed by atoms with Crippen molar-refractivity contribution >= 4 is 11.8 Å². The third-order valence-electron chi connectivity index (χ3n) is 5.34. The molecule has 1 aromatic rings. The van der Waals surface area contributed by atoms with E-state index in [2.05, 4.69) is 41.8 Å². The number of nitrogens with zero attached hydrogens (tertiary/aromatic N) is 1. The molecule has 5 heteroatoms. The summed E-state index contributed by atoms with van der Waals surface area (Å²) in [5.41, 5.74) is 2.47. The van der Waals surface area contributed by atoms with E-state index in [0.717, 1.165) is 13.0 Å². The van der Waals surface area contributed by atoms with Gasteiger partial charge < -0.3 is 15.5 Å². The summed E-state index contributed by atoms with van der Waals surface area (Å²) in [5.74, 6) is 0.246. The number of rotatable bonds is 5. The summed E-state index contributed by atoms with van der Waals surface area (Å²) in [7, 11) is 0. The van der Waals surface area contributed by atoms with Crippen LogP contribution in [0.5, 0.6) is 0 Å². The number of fused-ring (bicyclic) bond motifs is 1. The topological polar surface area (TPSA) is 61.4 Å². The standard InChI is InChI=1S/C19H27N3O2/c1-4-13(3)17-19(24)22-11-15(9-16(22)18(23)21-17)20-10-14-7-5-6-12(2)8-14/h5-8,13,15-17,20H,4,9-11H2,1-3H3,(H,21,23)/t13-,15-,16-,17-/m0/s1. The van der Waals surface area contributed by atoms with Gasteiger partial charge in [0.2, 0.25) is 11.8 Å². The predicted molar refractivity (Wildman–Crippen MR) is 93.3 cm³/mol. The van der Waals surface area contributed by atoms with Gasteiger partial charge in [0.05, 0.1) is 0 Å². The van der Waals surface area contributed by atoms with E-state index in [0.29, 0.717) is 13.0 Å². The molecular weight excluding hydrogens is 302 g/mol. The maximum atomic E-state index is 12.7. The van der Waals surface area contributed by atoms with Gasteiger partial charge in [0.1, 0.15) is 12.1 Å². The third kappa shape index (κ3) is 3.31. The lowest BCUT2D eigenvalue weighted by molar-refractivity contribution is -0.148. The van der Waals surface area contributed by atoms with Crippen molar-refractivity contribution in [3.05, 3.63) is 35.4 Å². The van der Waals surface area contributed by atoms with Crippen LogP contribution < -0.4 is 10.6 Å². The fraction of sp³-hybridized carbons (Fsp3) is 0.579. The van der Waals surface area contributed by atoms with Crippen LogP contribution in [0.1, 0.15) is 37.8 Å². The van der Waals surface area contributed by atoms with E-state index < -0.39 is 0 Å². The van der Waals surface area contributed by atoms with E-state index in [1.807, 2.05) is 13.8 Å². The number of amides is 2. The quantitative estimate of drug-likeness (QED) is 0.862. The van der Waals surface area contributed by atoms with Gasteiger partial charge in [-0.1, -0.05) is 50.1 Å². The van der Waals surface area contributed by atoms with Crippen LogP contribution in [0.25, 0.3) is 0 Å². The summed E-state index contributed by atoms with van der Waals surface area (Å²) in [6, 6.07) is 7.88. The number of nitrogens with one attached hydrogen (secondary N) is 2. The van der Waals surface area contributed by atoms with Crippen molar-refractivity contribution in [3.8, 4) is 0 Å². The first-order valence-electron chi connectivity index (χ1n) is 8.89. The fourth-order valence-electron chi connectivity index (χ4n) is 3.67. The van der Waals surface area contributed by atoms with Crippen LogP contribution in [-0.4, -0.2) is 41.4 Å². The Hall–Kier alpha value is -1.88. The Kier molecular flexibility index (Phi) is 4.90. The van der Waals surface area contributed by atoms with E-state index >= 15 is 0 Å². The molecule has 0 aliphatic carbocycles. The van der Waals surface area contributed by atoms with Crippen LogP contribution in [0, 0.1) is 12.8 Å². The first-order valence-corrected chi connectivity index (χ1v) is 8.89. The van der Waals surface area contributed by atoms with Crippen molar-refractivity contribution in [2.75, 3.05) is 6.54 Å². The highest BCUT2D eigenvalue weighted by molar-refractivity contribution is 5.97. The molecule has 5 nitrogen and oxygen atoms in total. The molecule has 2 heterocycles. The average Bonchev–Trinajstić information content (AvgIpc) is 3.01. The van der Waals surface area contributed by atoms with Gasteiger partial charge in [0.15, 0.2) is 0 Å². The Morgan fingerprint density at radius 2 is 2.17 bits per heavy atom. The summed E-state index contributed by atoms with van der Waals surface area (Å²) in [4.78, 5) is 26.9. The number of piperazine rings is 1. The predicted octanol–water partition coefficient (Wildman–Crippen LogP) is 1.60. The van der Waals surface area contributed by atoms with Crippen molar-refractivity contribution in [2.24, 2.45) is 5.92 Å². The van der Waals surface area contributed by atoms with Gasteiger partial charge in [0, 0.05) is 19.1 Å². The molecule has 0 saturated carbocycles. The first kappa shape index (κ1) is 17.0. The molecule has 4 atom stereocenters. The molecule has 0 bridgehead atoms. The summed E-state index contributed by atoms with van der Waals surface area (Å²) in [5, 5.41) is 6.44. The molecule has 0 radical (unpaired) electrons. The van der Waals surface area contributed by atoms with Gasteiger partial charge in [-0.3, -0.25) is 9.59 Å². The number of hydrogen-bond donors (Lipinski definition) is 2. The zero-order valence-corrected chi connectivity index (χ0v) is 14.7. The Balaban J connectivity index is 1.63. The smallest absolute Gasteiger partial charge is 0.246 e. The van der Waals surface area contributed by atoms with Crippen molar-refractivity contribution in [2.45, 2.75) is 58.3 Å². The second-order valence-electron chi connectivity index (χ2n) is 7.18. The highest BCUT2D eigenvalue weighted by Gasteiger charge is 2.47. The summed E-state index contributed by atoms with van der Waals surface area (Å²) >= 11 is 0. The van der Waals surface area contributed by atoms with Crippen molar-refractivity contribution in [1.29, 1.82) is 0 Å². The van der Waals surface area contributed by atoms with Gasteiger partial charge in [-0.25, -0.2) is 0 Å². The lowest BCUT2D eigenvalue weighted by atomic mass is 9.95. The molecule has 2 N–H and O–H groups in total. The Labute approximate surface area is 143 Å². The van der Waals surface area contributed by atoms with Crippen LogP contribution in [0.4, 0.5) is 0 Å². The number of aryl methyl sites for hydroxylation is 1. The molecule has 0 unspecified atom stereocenters. The maximum absolute atomic E-state index is 12.7. The molecule has 0 spiro atoms. The lowest BCUT2D eigenvalue weighted by Gasteiger charge is -2.36. The summed E-state index contributed by atoms with van der Waals surface area (Å²) in [6.45, 7) is 7.53. The van der Waals surface area contributed by atoms with E-state index in [1.54, 1.807) is 4.90 Å². The molecular formula is C19H27N3O2. The lowest BCUT2D eigenvalue weighted by Crippen LogP contribution is -2.62. The molecule has 24 heavy (non-hydrogen) atoms. The zero-order valence-electron chi connectivity index (χ0n) is 14.7. The van der Waals surface area contributed by atoms with Gasteiger partial charge in [-0.15, -0.1) is 0 Å². The van der Waals surface area contributed by atoms with Crippen molar-refractivity contribution < 1.29 is 9.59 Å². The molecule has 2 saturated heterocycles. The highest BCUT2D eigenvalue weighted by Crippen LogP contribution is 2.26. The van der Waals surface area contributed by atoms with E-state index in [1.165, 1.54) is 11.1 Å². The van der Waals surface area contributed by atoms with E-state index in [-0.39, 0.29) is 35.9 Å². The van der Waals surface area contributed by atoms with Gasteiger partial charge in [-0.2, -0.15) is 0 Å². The molecule has 2 fully saturated rings. The minimum atomic E-state index is -0.366. The summed E-state index contributed by atoms with van der Waals surface area (Å²) < 4.78 is 0. The molecule has 130 valence electrons. The largest absolute Gasteiger partial charge is 0.342 e. The minimum absolute atomic E-state index is 0.000226. The second kappa shape index (κ2) is 6.93. The first-order chi connectivity index (χ1) is 11.5. The van der Waals surface area contributed by atoms with Crippen molar-refractivity contribution in [1.82, 2.24) is 15.5 Å². The van der Waals surface area contributed by atoms with Crippen LogP contribution >= 0.6 is 0 Å². The minimum Gasteiger partial charge on any atom is -0.342 e. The molecule has 0 aromatic heterocycles. The van der Waals surface area contributed by atoms with Crippen LogP contribution in [0.15, 0.2) is 24.3 Å². The maximum Gasteiger partial charge on any atom is 0.246 e. The average molecular weight is 329 g/mol. The molecule has 2 amide bonds. The Bertz CT molecular complexity index is 631. The monoisotopic (exact) mass is 329 g/mol. The Morgan fingerprint density at radius 1 is 1.38 bits per heavy atom. The molecule has 1 aromatic carbocycles. The van der Waals surface area contributed by atoms with Gasteiger partial charge >= 0.3 is 0 Å². The van der Waals surface area contributed by atoms with Crippen molar-refractivity contribution in [3.63, 3.8) is 0 Å². The van der Waals surface area contributed by atoms with Gasteiger partial charge in [0.25, 0.3) is 0 Å². The molecule has 2 aliphatic rings. The molecule has 2 aliphatic heterocycles. The van der Waals surface area contributed by atoms with E-state index in [9.17, 15) is 9.59 Å². The van der Waals surface area contributed by atoms with E-state index in [4.69, 9.17) is 0 Å². The van der Waals surface area contributed by atoms with Crippen LogP contribution in [-0.2, 0) is 16.1 Å². The van der Waals surface area contributed by atoms with Gasteiger partial charge in [-0.05, 0) is 24.8 Å². The fourth-order valence-corrected chi connectivity index (χ4v) is 3.67. The number of carbonyl (C=O) groups excluding carboxylic acids is 2. The molecule has 3 rings (SSSR count). The summed E-state index contributed by atoms with van der Waals surface area (Å²) in [6.07, 6.45) is 1.57. The number of benzene rings is 1. The normalized spacial score (nSPS) is 27.8. The SMILES string of the molecule is CC[C@H](C)[C@@H]1NC(=O)[C@@H]2C[C@H](NCc3cccc(C)c3)CN2C1=O. The second-order valence-corrected chi connectivity index (χ2v) is 7.18. The third-order valence-corrected chi connectivity index (χ3v) is 5.34. The zero-order chi connectivity index (χ0) is 17.3. The number of hydrogen-bond acceptors (Lipinski definition) is 3. The van der Waals surface area contributed by atoms with Crippen LogP contribution in [0.3, 0.4) is 0 Å². The highest BCUT2D eigenvalue weighted by atomic mass is 16.2. The number of carbonyl (C=O) groups is 2. The Morgan fingerprint density at radius 3 is 2.88 bits per heavy atom. The van der Waals surface area contributed by atoms with Crippen LogP contribution in [0.2, 0.25) is 0 Å².